The second kappa shape index (κ2) is 8.45. The lowest BCUT2D eigenvalue weighted by Gasteiger charge is -2.23. The van der Waals surface area contributed by atoms with Crippen LogP contribution >= 0.6 is 0 Å². The summed E-state index contributed by atoms with van der Waals surface area (Å²) < 4.78 is 10.8. The number of amides is 1. The smallest absolute Gasteiger partial charge is 0.258 e. The van der Waals surface area contributed by atoms with Crippen LogP contribution in [-0.2, 0) is 13.1 Å². The molecule has 0 saturated heterocycles. The Morgan fingerprint density at radius 2 is 1.70 bits per heavy atom. The fraction of sp³-hybridized carbons (Fsp3) is 0.227. The monoisotopic (exact) mass is 364 g/mol. The largest absolute Gasteiger partial charge is 0.496 e. The molecule has 0 unspecified atom stereocenters. The maximum absolute atomic E-state index is 13.2. The Labute approximate surface area is 159 Å². The molecule has 5 heteroatoms. The van der Waals surface area contributed by atoms with Crippen LogP contribution in [-0.4, -0.2) is 32.0 Å². The minimum absolute atomic E-state index is 0.0967. The normalized spacial score (nSPS) is 10.5. The first-order valence-corrected chi connectivity index (χ1v) is 8.79. The highest BCUT2D eigenvalue weighted by Gasteiger charge is 2.21. The van der Waals surface area contributed by atoms with Gasteiger partial charge in [0, 0.05) is 26.3 Å². The Balaban J connectivity index is 1.87. The Morgan fingerprint density at radius 3 is 2.33 bits per heavy atom. The zero-order chi connectivity index (χ0) is 19.2. The van der Waals surface area contributed by atoms with Crippen LogP contribution in [0, 0.1) is 0 Å². The molecule has 140 valence electrons. The van der Waals surface area contributed by atoms with Gasteiger partial charge in [-0.15, -0.1) is 0 Å². The molecule has 5 nitrogen and oxygen atoms in total. The zero-order valence-corrected chi connectivity index (χ0v) is 15.9. The van der Waals surface area contributed by atoms with E-state index in [0.29, 0.717) is 24.4 Å². The van der Waals surface area contributed by atoms with Gasteiger partial charge in [-0.3, -0.25) is 4.79 Å². The number of benzene rings is 2. The van der Waals surface area contributed by atoms with Gasteiger partial charge in [-0.1, -0.05) is 24.3 Å². The maximum atomic E-state index is 13.2. The summed E-state index contributed by atoms with van der Waals surface area (Å²) in [6.45, 7) is 0.866. The summed E-state index contributed by atoms with van der Waals surface area (Å²) in [7, 11) is 5.58. The Morgan fingerprint density at radius 1 is 0.963 bits per heavy atom. The van der Waals surface area contributed by atoms with Gasteiger partial charge >= 0.3 is 0 Å². The summed E-state index contributed by atoms with van der Waals surface area (Å²) in [5, 5.41) is 0. The minimum atomic E-state index is -0.0967. The molecular weight excluding hydrogens is 340 g/mol. The fourth-order valence-corrected chi connectivity index (χ4v) is 2.90. The van der Waals surface area contributed by atoms with Crippen LogP contribution in [0.2, 0.25) is 0 Å². The van der Waals surface area contributed by atoms with Crippen LogP contribution < -0.4 is 9.64 Å². The van der Waals surface area contributed by atoms with Crippen LogP contribution in [0.5, 0.6) is 5.75 Å². The molecule has 0 fully saturated rings. The van der Waals surface area contributed by atoms with E-state index in [2.05, 4.69) is 0 Å². The van der Waals surface area contributed by atoms with Crippen molar-refractivity contribution < 1.29 is 13.9 Å². The maximum Gasteiger partial charge on any atom is 0.258 e. The summed E-state index contributed by atoms with van der Waals surface area (Å²) in [5.41, 5.74) is 2.71. The molecule has 0 aliphatic carbocycles. The van der Waals surface area contributed by atoms with Crippen LogP contribution in [0.25, 0.3) is 0 Å². The highest BCUT2D eigenvalue weighted by molar-refractivity contribution is 5.96. The van der Waals surface area contributed by atoms with E-state index in [1.54, 1.807) is 30.4 Å². The zero-order valence-electron chi connectivity index (χ0n) is 15.9. The number of anilines is 1. The topological polar surface area (TPSA) is 45.9 Å². The number of rotatable bonds is 7. The van der Waals surface area contributed by atoms with Crippen molar-refractivity contribution in [3.63, 3.8) is 0 Å². The lowest BCUT2D eigenvalue weighted by atomic mass is 10.1. The number of carbonyl (C=O) groups excluding carboxylic acids is 1. The van der Waals surface area contributed by atoms with Crippen molar-refractivity contribution in [3.8, 4) is 5.75 Å². The summed E-state index contributed by atoms with van der Waals surface area (Å²) in [6, 6.07) is 19.2. The third-order valence-corrected chi connectivity index (χ3v) is 4.38. The van der Waals surface area contributed by atoms with Crippen molar-refractivity contribution >= 4 is 11.6 Å². The van der Waals surface area contributed by atoms with Crippen molar-refractivity contribution in [2.75, 3.05) is 26.1 Å². The molecule has 27 heavy (non-hydrogen) atoms. The summed E-state index contributed by atoms with van der Waals surface area (Å²) in [6.07, 6.45) is 1.62. The Hall–Kier alpha value is -3.21. The molecule has 0 atom stereocenters. The predicted octanol–water partition coefficient (Wildman–Crippen LogP) is 4.20. The van der Waals surface area contributed by atoms with Gasteiger partial charge in [-0.25, -0.2) is 0 Å². The standard InChI is InChI=1S/C22H24N2O3/c1-23(2)18-12-10-17(11-13-18)15-24(16-19-7-6-14-27-19)22(25)20-8-4-5-9-21(20)26-3/h4-14H,15-16H2,1-3H3. The molecule has 3 aromatic rings. The molecule has 0 bridgehead atoms. The van der Waals surface area contributed by atoms with Gasteiger partial charge in [0.15, 0.2) is 0 Å². The lowest BCUT2D eigenvalue weighted by molar-refractivity contribution is 0.0714. The van der Waals surface area contributed by atoms with Crippen molar-refractivity contribution in [2.45, 2.75) is 13.1 Å². The first kappa shape index (κ1) is 18.6. The van der Waals surface area contributed by atoms with Crippen molar-refractivity contribution in [1.82, 2.24) is 4.90 Å². The molecule has 3 rings (SSSR count). The molecule has 0 aliphatic heterocycles. The fourth-order valence-electron chi connectivity index (χ4n) is 2.90. The number of nitrogens with zero attached hydrogens (tertiary/aromatic N) is 2. The third kappa shape index (κ3) is 4.50. The first-order valence-electron chi connectivity index (χ1n) is 8.79. The van der Waals surface area contributed by atoms with E-state index in [9.17, 15) is 4.79 Å². The molecule has 0 radical (unpaired) electrons. The van der Waals surface area contributed by atoms with Gasteiger partial charge in [-0.05, 0) is 42.0 Å². The second-order valence-electron chi connectivity index (χ2n) is 6.50. The highest BCUT2D eigenvalue weighted by atomic mass is 16.5. The Bertz CT molecular complexity index is 871. The number of methoxy groups -OCH3 is 1. The lowest BCUT2D eigenvalue weighted by Crippen LogP contribution is -2.30. The average molecular weight is 364 g/mol. The van der Waals surface area contributed by atoms with Crippen LogP contribution in [0.1, 0.15) is 21.7 Å². The van der Waals surface area contributed by atoms with E-state index in [-0.39, 0.29) is 5.91 Å². The summed E-state index contributed by atoms with van der Waals surface area (Å²) in [5.74, 6) is 1.21. The number of ether oxygens (including phenoxy) is 1. The molecular formula is C22H24N2O3. The summed E-state index contributed by atoms with van der Waals surface area (Å²) >= 11 is 0. The second-order valence-corrected chi connectivity index (χ2v) is 6.50. The number of furan rings is 1. The van der Waals surface area contributed by atoms with E-state index in [1.165, 1.54) is 0 Å². The molecule has 0 aliphatic rings. The number of hydrogen-bond donors (Lipinski definition) is 0. The van der Waals surface area contributed by atoms with Crippen molar-refractivity contribution in [1.29, 1.82) is 0 Å². The minimum Gasteiger partial charge on any atom is -0.496 e. The quantitative estimate of drug-likeness (QED) is 0.630. The van der Waals surface area contributed by atoms with Gasteiger partial charge in [0.2, 0.25) is 0 Å². The van der Waals surface area contributed by atoms with Crippen molar-refractivity contribution in [3.05, 3.63) is 83.8 Å². The molecule has 0 saturated carbocycles. The molecule has 2 aromatic carbocycles. The van der Waals surface area contributed by atoms with Gasteiger partial charge < -0.3 is 19.0 Å². The molecule has 1 amide bonds. The van der Waals surface area contributed by atoms with Crippen LogP contribution in [0.15, 0.2) is 71.3 Å². The van der Waals surface area contributed by atoms with Gasteiger partial charge in [-0.2, -0.15) is 0 Å². The van der Waals surface area contributed by atoms with Crippen LogP contribution in [0.3, 0.4) is 0 Å². The van der Waals surface area contributed by atoms with E-state index in [0.717, 1.165) is 17.0 Å². The van der Waals surface area contributed by atoms with E-state index >= 15 is 0 Å². The first-order chi connectivity index (χ1) is 13.1. The molecule has 0 N–H and O–H groups in total. The number of hydrogen-bond acceptors (Lipinski definition) is 4. The number of para-hydroxylation sites is 1. The molecule has 1 heterocycles. The van der Waals surface area contributed by atoms with E-state index < -0.39 is 0 Å². The Kier molecular flexibility index (Phi) is 5.81. The average Bonchev–Trinajstić information content (AvgIpc) is 3.20. The highest BCUT2D eigenvalue weighted by Crippen LogP contribution is 2.22. The molecule has 1 aromatic heterocycles. The van der Waals surface area contributed by atoms with Crippen molar-refractivity contribution in [2.24, 2.45) is 0 Å². The van der Waals surface area contributed by atoms with Gasteiger partial charge in [0.1, 0.15) is 11.5 Å². The van der Waals surface area contributed by atoms with Gasteiger partial charge in [0.05, 0.1) is 25.5 Å². The number of carbonyl (C=O) groups is 1. The van der Waals surface area contributed by atoms with E-state index in [1.807, 2.05) is 67.5 Å². The third-order valence-electron chi connectivity index (χ3n) is 4.38. The van der Waals surface area contributed by atoms with Gasteiger partial charge in [0.25, 0.3) is 5.91 Å². The van der Waals surface area contributed by atoms with Crippen LogP contribution in [0.4, 0.5) is 5.69 Å². The molecule has 0 spiro atoms. The predicted molar refractivity (Wildman–Crippen MR) is 106 cm³/mol. The summed E-state index contributed by atoms with van der Waals surface area (Å²) in [4.78, 5) is 17.0. The van der Waals surface area contributed by atoms with E-state index in [4.69, 9.17) is 9.15 Å². The SMILES string of the molecule is COc1ccccc1C(=O)N(Cc1ccc(N(C)C)cc1)Cc1ccco1.